The molecule has 0 unspecified atom stereocenters. The van der Waals surface area contributed by atoms with Crippen LogP contribution < -0.4 is 5.73 Å². The van der Waals surface area contributed by atoms with Gasteiger partial charge in [0.25, 0.3) is 5.89 Å². The van der Waals surface area contributed by atoms with E-state index in [0.29, 0.717) is 17.4 Å². The summed E-state index contributed by atoms with van der Waals surface area (Å²) in [4.78, 5) is 4.36. The van der Waals surface area contributed by atoms with Crippen LogP contribution in [0.5, 0.6) is 0 Å². The third-order valence-electron chi connectivity index (χ3n) is 2.62. The van der Waals surface area contributed by atoms with Gasteiger partial charge in [0.2, 0.25) is 5.82 Å². The van der Waals surface area contributed by atoms with Crippen LogP contribution in [0.1, 0.15) is 0 Å². The highest BCUT2D eigenvalue weighted by Gasteiger charge is 2.09. The van der Waals surface area contributed by atoms with Crippen molar-refractivity contribution in [2.45, 2.75) is 0 Å². The molecular formula is C14H11N3O. The predicted molar refractivity (Wildman–Crippen MR) is 69.6 cm³/mol. The van der Waals surface area contributed by atoms with E-state index < -0.39 is 0 Å². The van der Waals surface area contributed by atoms with Crippen LogP contribution in [0.4, 0.5) is 5.69 Å². The normalized spacial score (nSPS) is 10.4. The van der Waals surface area contributed by atoms with E-state index in [4.69, 9.17) is 10.3 Å². The molecule has 2 aromatic carbocycles. The molecule has 0 spiro atoms. The van der Waals surface area contributed by atoms with Gasteiger partial charge in [-0.05, 0) is 24.3 Å². The molecule has 0 aliphatic rings. The van der Waals surface area contributed by atoms with Gasteiger partial charge < -0.3 is 10.3 Å². The molecule has 3 aromatic rings. The van der Waals surface area contributed by atoms with Crippen molar-refractivity contribution in [2.24, 2.45) is 0 Å². The summed E-state index contributed by atoms with van der Waals surface area (Å²) in [6.45, 7) is 0. The molecule has 0 fully saturated rings. The van der Waals surface area contributed by atoms with Gasteiger partial charge >= 0.3 is 0 Å². The lowest BCUT2D eigenvalue weighted by Gasteiger charge is -1.94. The first kappa shape index (κ1) is 10.5. The van der Waals surface area contributed by atoms with Crippen LogP contribution in [0.25, 0.3) is 22.8 Å². The topological polar surface area (TPSA) is 64.9 Å². The lowest BCUT2D eigenvalue weighted by atomic mass is 10.2. The first-order chi connectivity index (χ1) is 8.83. The van der Waals surface area contributed by atoms with E-state index in [-0.39, 0.29) is 0 Å². The van der Waals surface area contributed by atoms with Crippen molar-refractivity contribution in [1.29, 1.82) is 0 Å². The van der Waals surface area contributed by atoms with Gasteiger partial charge in [-0.15, -0.1) is 0 Å². The molecule has 18 heavy (non-hydrogen) atoms. The molecule has 0 radical (unpaired) electrons. The van der Waals surface area contributed by atoms with Gasteiger partial charge in [0.1, 0.15) is 0 Å². The minimum absolute atomic E-state index is 0.494. The highest BCUT2D eigenvalue weighted by atomic mass is 16.5. The smallest absolute Gasteiger partial charge is 0.258 e. The molecule has 0 saturated carbocycles. The molecule has 1 aromatic heterocycles. The third kappa shape index (κ3) is 1.96. The Morgan fingerprint density at radius 3 is 2.28 bits per heavy atom. The molecule has 0 aliphatic carbocycles. The van der Waals surface area contributed by atoms with E-state index in [1.807, 2.05) is 54.6 Å². The van der Waals surface area contributed by atoms with Crippen molar-refractivity contribution >= 4 is 5.69 Å². The molecule has 0 bridgehead atoms. The Kier molecular flexibility index (Phi) is 2.53. The van der Waals surface area contributed by atoms with Crippen LogP contribution in [0.15, 0.2) is 59.1 Å². The number of nitrogen functional groups attached to an aromatic ring is 1. The summed E-state index contributed by atoms with van der Waals surface area (Å²) in [6, 6.07) is 17.0. The average Bonchev–Trinajstić information content (AvgIpc) is 2.90. The second-order valence-electron chi connectivity index (χ2n) is 3.91. The van der Waals surface area contributed by atoms with Crippen LogP contribution in [-0.4, -0.2) is 10.1 Å². The summed E-state index contributed by atoms with van der Waals surface area (Å²) in [5.41, 5.74) is 8.14. The van der Waals surface area contributed by atoms with Gasteiger partial charge in [0.05, 0.1) is 0 Å². The molecule has 2 N–H and O–H groups in total. The zero-order valence-corrected chi connectivity index (χ0v) is 9.58. The highest BCUT2D eigenvalue weighted by Crippen LogP contribution is 2.22. The maximum absolute atomic E-state index is 5.63. The maximum Gasteiger partial charge on any atom is 0.258 e. The zero-order chi connectivity index (χ0) is 12.4. The largest absolute Gasteiger partial charge is 0.399 e. The average molecular weight is 237 g/mol. The zero-order valence-electron chi connectivity index (χ0n) is 9.58. The molecule has 4 nitrogen and oxygen atoms in total. The summed E-state index contributed by atoms with van der Waals surface area (Å²) >= 11 is 0. The summed E-state index contributed by atoms with van der Waals surface area (Å²) in [7, 11) is 0. The van der Waals surface area contributed by atoms with E-state index in [0.717, 1.165) is 11.1 Å². The predicted octanol–water partition coefficient (Wildman–Crippen LogP) is 2.99. The first-order valence-electron chi connectivity index (χ1n) is 5.58. The molecular weight excluding hydrogens is 226 g/mol. The Morgan fingerprint density at radius 1 is 0.833 bits per heavy atom. The molecule has 0 amide bonds. The minimum atomic E-state index is 0.494. The van der Waals surface area contributed by atoms with Crippen molar-refractivity contribution in [1.82, 2.24) is 10.1 Å². The van der Waals surface area contributed by atoms with Crippen LogP contribution in [0, 0.1) is 0 Å². The second kappa shape index (κ2) is 4.33. The molecule has 3 rings (SSSR count). The Morgan fingerprint density at radius 2 is 1.56 bits per heavy atom. The molecule has 1 heterocycles. The third-order valence-corrected chi connectivity index (χ3v) is 2.62. The van der Waals surface area contributed by atoms with E-state index >= 15 is 0 Å². The Bertz CT molecular complexity index is 644. The molecule has 0 aliphatic heterocycles. The fourth-order valence-electron chi connectivity index (χ4n) is 1.67. The number of hydrogen-bond acceptors (Lipinski definition) is 4. The number of aromatic nitrogens is 2. The number of hydrogen-bond donors (Lipinski definition) is 1. The summed E-state index contributed by atoms with van der Waals surface area (Å²) < 4.78 is 5.24. The second-order valence-corrected chi connectivity index (χ2v) is 3.91. The van der Waals surface area contributed by atoms with Crippen molar-refractivity contribution in [3.8, 4) is 22.8 Å². The van der Waals surface area contributed by atoms with Crippen LogP contribution in [-0.2, 0) is 0 Å². The molecule has 4 heteroatoms. The number of benzene rings is 2. The van der Waals surface area contributed by atoms with Gasteiger partial charge in [0, 0.05) is 16.8 Å². The quantitative estimate of drug-likeness (QED) is 0.696. The van der Waals surface area contributed by atoms with Crippen molar-refractivity contribution < 1.29 is 4.52 Å². The monoisotopic (exact) mass is 237 g/mol. The molecule has 88 valence electrons. The van der Waals surface area contributed by atoms with Crippen LogP contribution in [0.3, 0.4) is 0 Å². The Labute approximate surface area is 104 Å². The van der Waals surface area contributed by atoms with Crippen molar-refractivity contribution in [3.05, 3.63) is 54.6 Å². The van der Waals surface area contributed by atoms with E-state index in [9.17, 15) is 0 Å². The van der Waals surface area contributed by atoms with E-state index in [1.54, 1.807) is 0 Å². The van der Waals surface area contributed by atoms with Gasteiger partial charge in [-0.1, -0.05) is 35.5 Å². The lowest BCUT2D eigenvalue weighted by Crippen LogP contribution is -1.84. The number of rotatable bonds is 2. The Hall–Kier alpha value is -2.62. The van der Waals surface area contributed by atoms with E-state index in [1.165, 1.54) is 0 Å². The summed E-state index contributed by atoms with van der Waals surface area (Å²) in [5, 5.41) is 3.97. The SMILES string of the molecule is Nc1ccc(-c2nc(-c3ccccc3)no2)cc1. The number of anilines is 1. The number of nitrogens with two attached hydrogens (primary N) is 1. The van der Waals surface area contributed by atoms with E-state index in [2.05, 4.69) is 10.1 Å². The fraction of sp³-hybridized carbons (Fsp3) is 0. The molecule has 0 atom stereocenters. The fourth-order valence-corrected chi connectivity index (χ4v) is 1.67. The summed E-state index contributed by atoms with van der Waals surface area (Å²) in [5.74, 6) is 1.08. The molecule has 0 saturated heterocycles. The van der Waals surface area contributed by atoms with Crippen molar-refractivity contribution in [2.75, 3.05) is 5.73 Å². The van der Waals surface area contributed by atoms with Crippen LogP contribution in [0.2, 0.25) is 0 Å². The van der Waals surface area contributed by atoms with Crippen LogP contribution >= 0.6 is 0 Å². The summed E-state index contributed by atoms with van der Waals surface area (Å²) in [6.07, 6.45) is 0. The highest BCUT2D eigenvalue weighted by molar-refractivity contribution is 5.61. The first-order valence-corrected chi connectivity index (χ1v) is 5.58. The Balaban J connectivity index is 1.97. The lowest BCUT2D eigenvalue weighted by molar-refractivity contribution is 0.432. The van der Waals surface area contributed by atoms with Gasteiger partial charge in [-0.25, -0.2) is 0 Å². The standard InChI is InChI=1S/C14H11N3O/c15-12-8-6-11(7-9-12)14-16-13(17-18-14)10-4-2-1-3-5-10/h1-9H,15H2. The van der Waals surface area contributed by atoms with Gasteiger partial charge in [0.15, 0.2) is 0 Å². The maximum atomic E-state index is 5.63. The minimum Gasteiger partial charge on any atom is -0.399 e. The number of nitrogens with zero attached hydrogens (tertiary/aromatic N) is 2. The van der Waals surface area contributed by atoms with Crippen molar-refractivity contribution in [3.63, 3.8) is 0 Å². The van der Waals surface area contributed by atoms with Gasteiger partial charge in [-0.2, -0.15) is 4.98 Å². The van der Waals surface area contributed by atoms with Gasteiger partial charge in [-0.3, -0.25) is 0 Å².